The Bertz CT molecular complexity index is 1490. The van der Waals surface area contributed by atoms with Crippen LogP contribution in [0.25, 0.3) is 21.5 Å². The van der Waals surface area contributed by atoms with Crippen molar-refractivity contribution in [2.45, 2.75) is 9.79 Å². The Morgan fingerprint density at radius 3 is 1.56 bits per heavy atom. The Balaban J connectivity index is 0.000000186. The summed E-state index contributed by atoms with van der Waals surface area (Å²) >= 11 is 0. The van der Waals surface area contributed by atoms with Crippen LogP contribution in [0.15, 0.2) is 82.6 Å². The molecule has 0 amide bonds. The molecule has 0 spiro atoms. The third kappa shape index (κ3) is 4.70. The lowest BCUT2D eigenvalue weighted by Crippen LogP contribution is -2.02. The van der Waals surface area contributed by atoms with Crippen molar-refractivity contribution in [3.8, 4) is 5.75 Å². The van der Waals surface area contributed by atoms with Crippen LogP contribution in [0.4, 0.5) is 0 Å². The van der Waals surface area contributed by atoms with E-state index in [-0.39, 0.29) is 22.1 Å². The molecule has 0 bridgehead atoms. The molecule has 4 N–H and O–H groups in total. The fourth-order valence-corrected chi connectivity index (χ4v) is 4.54. The van der Waals surface area contributed by atoms with Crippen molar-refractivity contribution in [1.82, 2.24) is 0 Å². The summed E-state index contributed by atoms with van der Waals surface area (Å²) in [5.41, 5.74) is -0.0660. The van der Waals surface area contributed by atoms with Crippen LogP contribution in [0.2, 0.25) is 0 Å². The van der Waals surface area contributed by atoms with Gasteiger partial charge in [0, 0.05) is 16.2 Å². The minimum absolute atomic E-state index is 0.0233. The van der Waals surface area contributed by atoms with Gasteiger partial charge in [0.25, 0.3) is 20.2 Å². The van der Waals surface area contributed by atoms with E-state index in [9.17, 15) is 26.7 Å². The molecule has 32 heavy (non-hydrogen) atoms. The Morgan fingerprint density at radius 2 is 1.09 bits per heavy atom. The lowest BCUT2D eigenvalue weighted by Gasteiger charge is -2.06. The van der Waals surface area contributed by atoms with E-state index in [1.165, 1.54) is 30.3 Å². The third-order valence-electron chi connectivity index (χ3n) is 4.53. The first-order valence-electron chi connectivity index (χ1n) is 8.82. The number of carbonyl (C=O) groups is 1. The molecule has 166 valence electrons. The first kappa shape index (κ1) is 23.2. The van der Waals surface area contributed by atoms with E-state index in [4.69, 9.17) is 14.2 Å². The number of aromatic hydroxyl groups is 1. The van der Waals surface area contributed by atoms with Gasteiger partial charge in [-0.25, -0.2) is 4.79 Å². The van der Waals surface area contributed by atoms with Crippen molar-refractivity contribution < 1.29 is 40.9 Å². The zero-order valence-electron chi connectivity index (χ0n) is 16.1. The zero-order valence-corrected chi connectivity index (χ0v) is 17.7. The summed E-state index contributed by atoms with van der Waals surface area (Å²) in [6, 6.07) is 17.7. The van der Waals surface area contributed by atoms with Gasteiger partial charge in [-0.3, -0.25) is 9.11 Å². The van der Waals surface area contributed by atoms with Crippen molar-refractivity contribution in [3.63, 3.8) is 0 Å². The van der Waals surface area contributed by atoms with E-state index in [2.05, 4.69) is 0 Å². The van der Waals surface area contributed by atoms with Crippen LogP contribution in [0, 0.1) is 0 Å². The van der Waals surface area contributed by atoms with Gasteiger partial charge in [0.2, 0.25) is 0 Å². The topological polar surface area (TPSA) is 166 Å². The summed E-state index contributed by atoms with van der Waals surface area (Å²) in [5.74, 6) is -1.29. The van der Waals surface area contributed by atoms with Crippen LogP contribution >= 0.6 is 0 Å². The maximum absolute atomic E-state index is 11.2. The molecule has 0 unspecified atom stereocenters. The van der Waals surface area contributed by atoms with Gasteiger partial charge >= 0.3 is 5.97 Å². The summed E-state index contributed by atoms with van der Waals surface area (Å²) < 4.78 is 62.7. The molecule has 9 nitrogen and oxygen atoms in total. The predicted molar refractivity (Wildman–Crippen MR) is 116 cm³/mol. The minimum Gasteiger partial charge on any atom is -0.506 e. The smallest absolute Gasteiger partial charge is 0.339 e. The van der Waals surface area contributed by atoms with E-state index in [1.54, 1.807) is 18.2 Å². The molecule has 0 atom stereocenters. The summed E-state index contributed by atoms with van der Waals surface area (Å²) in [6.07, 6.45) is 0. The van der Waals surface area contributed by atoms with E-state index in [0.29, 0.717) is 5.39 Å². The molecule has 0 saturated heterocycles. The van der Waals surface area contributed by atoms with E-state index < -0.39 is 36.0 Å². The monoisotopic (exact) mass is 476 g/mol. The van der Waals surface area contributed by atoms with Gasteiger partial charge in [-0.1, -0.05) is 54.6 Å². The van der Waals surface area contributed by atoms with Gasteiger partial charge in [-0.2, -0.15) is 16.8 Å². The van der Waals surface area contributed by atoms with Crippen LogP contribution in [-0.4, -0.2) is 42.1 Å². The van der Waals surface area contributed by atoms with E-state index in [1.807, 2.05) is 12.1 Å². The van der Waals surface area contributed by atoms with Crippen molar-refractivity contribution >= 4 is 47.8 Å². The maximum Gasteiger partial charge on any atom is 0.339 e. The van der Waals surface area contributed by atoms with Crippen molar-refractivity contribution in [1.29, 1.82) is 0 Å². The number of phenols is 1. The third-order valence-corrected chi connectivity index (χ3v) is 6.35. The Hall–Kier alpha value is -3.51. The molecule has 0 aliphatic carbocycles. The molecule has 4 aromatic carbocycles. The highest BCUT2D eigenvalue weighted by atomic mass is 32.2. The van der Waals surface area contributed by atoms with Crippen molar-refractivity contribution in [3.05, 3.63) is 78.4 Å². The lowest BCUT2D eigenvalue weighted by atomic mass is 10.1. The first-order chi connectivity index (χ1) is 14.9. The average molecular weight is 476 g/mol. The van der Waals surface area contributed by atoms with E-state index >= 15 is 0 Å². The Labute approximate surface area is 182 Å². The molecular weight excluding hydrogens is 460 g/mol. The summed E-state index contributed by atoms with van der Waals surface area (Å²) in [4.78, 5) is 9.88. The van der Waals surface area contributed by atoms with Crippen LogP contribution in [0.1, 0.15) is 10.4 Å². The highest BCUT2D eigenvalue weighted by Crippen LogP contribution is 2.29. The van der Waals surface area contributed by atoms with Crippen LogP contribution in [0.3, 0.4) is 0 Å². The van der Waals surface area contributed by atoms with Gasteiger partial charge in [0.1, 0.15) is 21.1 Å². The second-order valence-electron chi connectivity index (χ2n) is 6.55. The molecule has 4 aromatic rings. The van der Waals surface area contributed by atoms with Gasteiger partial charge in [-0.15, -0.1) is 0 Å². The molecule has 0 aliphatic heterocycles. The van der Waals surface area contributed by atoms with Gasteiger partial charge in [-0.05, 0) is 23.6 Å². The quantitative estimate of drug-likeness (QED) is 0.323. The van der Waals surface area contributed by atoms with Crippen LogP contribution in [-0.2, 0) is 20.2 Å². The normalized spacial score (nSPS) is 11.7. The summed E-state index contributed by atoms with van der Waals surface area (Å²) in [7, 11) is -8.94. The number of benzene rings is 4. The first-order valence-corrected chi connectivity index (χ1v) is 11.7. The number of rotatable bonds is 3. The molecule has 0 aliphatic rings. The number of fused-ring (bicyclic) bond motifs is 2. The van der Waals surface area contributed by atoms with Crippen LogP contribution < -0.4 is 0 Å². The zero-order chi connectivity index (χ0) is 23.7. The number of hydrogen-bond acceptors (Lipinski definition) is 6. The number of aromatic carboxylic acids is 1. The van der Waals surface area contributed by atoms with Crippen LogP contribution in [0.5, 0.6) is 5.75 Å². The SMILES string of the molecule is O=C(O)c1ccc2ccccc2c1O.O=S(=O)(O)c1cccc2c(S(=O)(=O)O)cccc12. The average Bonchev–Trinajstić information content (AvgIpc) is 2.72. The fourth-order valence-electron chi connectivity index (χ4n) is 3.13. The highest BCUT2D eigenvalue weighted by molar-refractivity contribution is 7.86. The molecular formula is C21H16O9S2. The molecule has 0 saturated carbocycles. The van der Waals surface area contributed by atoms with Crippen molar-refractivity contribution in [2.75, 3.05) is 0 Å². The maximum atomic E-state index is 11.2. The summed E-state index contributed by atoms with van der Waals surface area (Å²) in [5, 5.41) is 19.8. The molecule has 0 fully saturated rings. The lowest BCUT2D eigenvalue weighted by molar-refractivity contribution is 0.0694. The number of hydrogen-bond donors (Lipinski definition) is 4. The Morgan fingerprint density at radius 1 is 0.625 bits per heavy atom. The molecule has 0 heterocycles. The predicted octanol–water partition coefficient (Wildman–Crippen LogP) is 3.58. The van der Waals surface area contributed by atoms with Gasteiger partial charge in [0.15, 0.2) is 0 Å². The molecule has 0 radical (unpaired) electrons. The second-order valence-corrected chi connectivity index (χ2v) is 9.33. The van der Waals surface area contributed by atoms with Crippen molar-refractivity contribution in [2.24, 2.45) is 0 Å². The highest BCUT2D eigenvalue weighted by Gasteiger charge is 2.19. The Kier molecular flexibility index (Phi) is 6.19. The van der Waals surface area contributed by atoms with E-state index in [0.717, 1.165) is 17.5 Å². The molecule has 4 rings (SSSR count). The fraction of sp³-hybridized carbons (Fsp3) is 0. The minimum atomic E-state index is -4.47. The van der Waals surface area contributed by atoms with Gasteiger partial charge < -0.3 is 10.2 Å². The number of carboxylic acids is 1. The largest absolute Gasteiger partial charge is 0.506 e. The standard InChI is InChI=1S/C11H8O3.C10H8O6S2/c12-10-8-4-2-1-3-7(8)5-6-9(10)11(13)14;11-17(12,13)9-5-1-3-7-8(9)4-2-6-10(7)18(14,15)16/h1-6,12H,(H,13,14);1-6H,(H,11,12,13)(H,14,15,16). The summed E-state index contributed by atoms with van der Waals surface area (Å²) in [6.45, 7) is 0. The second kappa shape index (κ2) is 8.55. The number of carboxylic acid groups (broad SMARTS) is 1. The molecule has 11 heteroatoms. The molecule has 0 aromatic heterocycles. The van der Waals surface area contributed by atoms with Gasteiger partial charge in [0.05, 0.1) is 0 Å².